The molecule has 2 unspecified atom stereocenters. The number of likely N-dealkylation sites (N-methyl/N-ethyl adjacent to an activating group) is 1. The molecule has 1 fully saturated rings. The van der Waals surface area contributed by atoms with Crippen LogP contribution < -0.4 is 5.32 Å². The molecule has 6 heteroatoms. The number of carbonyl (C=O) groups is 2. The molecule has 1 heterocycles. The minimum atomic E-state index is -0.967. The number of hydrogen-bond acceptors (Lipinski definition) is 3. The Morgan fingerprint density at radius 1 is 1.47 bits per heavy atom. The van der Waals surface area contributed by atoms with E-state index in [1.165, 1.54) is 0 Å². The fraction of sp³-hybridized carbons (Fsp3) is 0.846. The summed E-state index contributed by atoms with van der Waals surface area (Å²) in [6, 6.07) is -0.717. The summed E-state index contributed by atoms with van der Waals surface area (Å²) in [5.74, 6) is -1.04. The van der Waals surface area contributed by atoms with Crippen molar-refractivity contribution in [2.75, 3.05) is 27.2 Å². The zero-order valence-electron chi connectivity index (χ0n) is 12.2. The molecule has 3 atom stereocenters. The quantitative estimate of drug-likeness (QED) is 0.777. The maximum absolute atomic E-state index is 12.1. The van der Waals surface area contributed by atoms with Gasteiger partial charge in [0.15, 0.2) is 0 Å². The lowest BCUT2D eigenvalue weighted by Crippen LogP contribution is -2.50. The van der Waals surface area contributed by atoms with E-state index >= 15 is 0 Å². The van der Waals surface area contributed by atoms with Crippen molar-refractivity contribution in [2.24, 2.45) is 5.92 Å². The number of hydrogen-bond donors (Lipinski definition) is 2. The van der Waals surface area contributed by atoms with Gasteiger partial charge in [0.25, 0.3) is 0 Å². The van der Waals surface area contributed by atoms with Crippen molar-refractivity contribution in [1.29, 1.82) is 0 Å². The Morgan fingerprint density at radius 3 is 2.53 bits per heavy atom. The number of nitrogens with one attached hydrogen (secondary N) is 1. The van der Waals surface area contributed by atoms with Crippen LogP contribution in [0.4, 0.5) is 4.79 Å². The first-order chi connectivity index (χ1) is 8.86. The zero-order chi connectivity index (χ0) is 14.6. The minimum Gasteiger partial charge on any atom is -0.480 e. The molecule has 0 aromatic rings. The van der Waals surface area contributed by atoms with Gasteiger partial charge in [0, 0.05) is 19.1 Å². The van der Waals surface area contributed by atoms with Crippen LogP contribution in [0, 0.1) is 5.92 Å². The van der Waals surface area contributed by atoms with Crippen LogP contribution in [0.25, 0.3) is 0 Å². The van der Waals surface area contributed by atoms with Gasteiger partial charge in [0.2, 0.25) is 0 Å². The molecule has 1 saturated heterocycles. The molecule has 1 aliphatic heterocycles. The average molecular weight is 271 g/mol. The molecule has 0 aliphatic carbocycles. The topological polar surface area (TPSA) is 72.9 Å². The van der Waals surface area contributed by atoms with Crippen LogP contribution in [0.5, 0.6) is 0 Å². The summed E-state index contributed by atoms with van der Waals surface area (Å²) in [6.07, 6.45) is 1.65. The Kier molecular flexibility index (Phi) is 5.60. The monoisotopic (exact) mass is 271 g/mol. The van der Waals surface area contributed by atoms with Gasteiger partial charge in [-0.1, -0.05) is 20.3 Å². The maximum Gasteiger partial charge on any atom is 0.326 e. The molecular weight excluding hydrogens is 246 g/mol. The summed E-state index contributed by atoms with van der Waals surface area (Å²) < 4.78 is 0. The van der Waals surface area contributed by atoms with Crippen molar-refractivity contribution in [1.82, 2.24) is 15.1 Å². The van der Waals surface area contributed by atoms with E-state index in [4.69, 9.17) is 5.11 Å². The molecule has 0 aromatic heterocycles. The lowest BCUT2D eigenvalue weighted by molar-refractivity contribution is -0.140. The highest BCUT2D eigenvalue weighted by Gasteiger charge is 2.31. The second-order valence-electron chi connectivity index (χ2n) is 5.50. The van der Waals surface area contributed by atoms with Gasteiger partial charge >= 0.3 is 12.0 Å². The van der Waals surface area contributed by atoms with Crippen LogP contribution in [-0.4, -0.2) is 66.2 Å². The van der Waals surface area contributed by atoms with Gasteiger partial charge in [-0.25, -0.2) is 9.59 Å². The highest BCUT2D eigenvalue weighted by Crippen LogP contribution is 2.14. The number of carbonyl (C=O) groups excluding carboxylic acids is 1. The van der Waals surface area contributed by atoms with E-state index in [2.05, 4.69) is 10.2 Å². The molecule has 2 N–H and O–H groups in total. The molecule has 2 amide bonds. The standard InChI is InChI=1S/C13H25N3O3/c1-5-9(2)11(12(17)18)14-13(19)16-7-6-10(8-16)15(3)4/h9-11H,5-8H2,1-4H3,(H,14,19)(H,17,18)/t9?,10?,11-/m0/s1. The van der Waals surface area contributed by atoms with Crippen molar-refractivity contribution in [3.8, 4) is 0 Å². The van der Waals surface area contributed by atoms with Crippen LogP contribution in [0.1, 0.15) is 26.7 Å². The highest BCUT2D eigenvalue weighted by atomic mass is 16.4. The van der Waals surface area contributed by atoms with Gasteiger partial charge in [-0.05, 0) is 26.4 Å². The lowest BCUT2D eigenvalue weighted by Gasteiger charge is -2.25. The van der Waals surface area contributed by atoms with Crippen molar-refractivity contribution in [2.45, 2.75) is 38.8 Å². The summed E-state index contributed by atoms with van der Waals surface area (Å²) >= 11 is 0. The zero-order valence-corrected chi connectivity index (χ0v) is 12.2. The summed E-state index contributed by atoms with van der Waals surface area (Å²) in [7, 11) is 3.98. The highest BCUT2D eigenvalue weighted by molar-refractivity contribution is 5.83. The molecule has 0 aromatic carbocycles. The van der Waals surface area contributed by atoms with E-state index in [9.17, 15) is 9.59 Å². The first-order valence-corrected chi connectivity index (χ1v) is 6.81. The molecule has 0 radical (unpaired) electrons. The van der Waals surface area contributed by atoms with Gasteiger partial charge in [-0.2, -0.15) is 0 Å². The van der Waals surface area contributed by atoms with Crippen LogP contribution in [0.3, 0.4) is 0 Å². The SMILES string of the molecule is CCC(C)[C@H](NC(=O)N1CCC(N(C)C)C1)C(=O)O. The molecule has 6 nitrogen and oxygen atoms in total. The predicted octanol–water partition coefficient (Wildman–Crippen LogP) is 0.831. The predicted molar refractivity (Wildman–Crippen MR) is 73.1 cm³/mol. The third-order valence-corrected chi connectivity index (χ3v) is 3.94. The van der Waals surface area contributed by atoms with E-state index in [1.807, 2.05) is 27.9 Å². The number of aliphatic carboxylic acids is 1. The van der Waals surface area contributed by atoms with Crippen molar-refractivity contribution in [3.63, 3.8) is 0 Å². The number of nitrogens with zero attached hydrogens (tertiary/aromatic N) is 2. The van der Waals surface area contributed by atoms with Crippen molar-refractivity contribution >= 4 is 12.0 Å². The van der Waals surface area contributed by atoms with Gasteiger partial charge < -0.3 is 20.2 Å². The minimum absolute atomic E-state index is 0.0753. The molecule has 19 heavy (non-hydrogen) atoms. The van der Waals surface area contributed by atoms with Gasteiger partial charge in [0.1, 0.15) is 6.04 Å². The second kappa shape index (κ2) is 6.75. The third-order valence-electron chi connectivity index (χ3n) is 3.94. The number of likely N-dealkylation sites (tertiary alicyclic amines) is 1. The van der Waals surface area contributed by atoms with E-state index < -0.39 is 12.0 Å². The van der Waals surface area contributed by atoms with E-state index in [1.54, 1.807) is 4.90 Å². The summed E-state index contributed by atoms with van der Waals surface area (Å²) in [6.45, 7) is 5.10. The number of rotatable bonds is 5. The second-order valence-corrected chi connectivity index (χ2v) is 5.50. The van der Waals surface area contributed by atoms with Gasteiger partial charge in [-0.3, -0.25) is 0 Å². The van der Waals surface area contributed by atoms with Crippen LogP contribution in [-0.2, 0) is 4.79 Å². The molecule has 110 valence electrons. The first-order valence-electron chi connectivity index (χ1n) is 6.81. The fourth-order valence-electron chi connectivity index (χ4n) is 2.26. The number of carboxylic acid groups (broad SMARTS) is 1. The first kappa shape index (κ1) is 15.8. The molecule has 0 saturated carbocycles. The van der Waals surface area contributed by atoms with Crippen molar-refractivity contribution < 1.29 is 14.7 Å². The van der Waals surface area contributed by atoms with Crippen LogP contribution >= 0.6 is 0 Å². The van der Waals surface area contributed by atoms with E-state index in [-0.39, 0.29) is 11.9 Å². The van der Waals surface area contributed by atoms with Crippen LogP contribution in [0.2, 0.25) is 0 Å². The molecule has 1 aliphatic rings. The van der Waals surface area contributed by atoms with E-state index in [0.717, 1.165) is 12.8 Å². The van der Waals surface area contributed by atoms with Gasteiger partial charge in [0.05, 0.1) is 0 Å². The molecule has 0 spiro atoms. The molecule has 0 bridgehead atoms. The van der Waals surface area contributed by atoms with Crippen molar-refractivity contribution in [3.05, 3.63) is 0 Å². The fourth-order valence-corrected chi connectivity index (χ4v) is 2.26. The summed E-state index contributed by atoms with van der Waals surface area (Å²) in [5.41, 5.74) is 0. The Morgan fingerprint density at radius 2 is 2.11 bits per heavy atom. The number of urea groups is 1. The average Bonchev–Trinajstić information content (AvgIpc) is 2.84. The third kappa shape index (κ3) is 4.09. The summed E-state index contributed by atoms with van der Waals surface area (Å²) in [5, 5.41) is 11.8. The Bertz CT molecular complexity index is 333. The lowest BCUT2D eigenvalue weighted by atomic mass is 9.99. The Labute approximate surface area is 114 Å². The van der Waals surface area contributed by atoms with E-state index in [0.29, 0.717) is 19.1 Å². The largest absolute Gasteiger partial charge is 0.480 e. The molecular formula is C13H25N3O3. The smallest absolute Gasteiger partial charge is 0.326 e. The van der Waals surface area contributed by atoms with Crippen LogP contribution in [0.15, 0.2) is 0 Å². The Hall–Kier alpha value is -1.30. The summed E-state index contributed by atoms with van der Waals surface area (Å²) in [4.78, 5) is 27.1. The Balaban J connectivity index is 2.56. The normalized spacial score (nSPS) is 22.4. The maximum atomic E-state index is 12.1. The number of carboxylic acids is 1. The molecule has 1 rings (SSSR count). The van der Waals surface area contributed by atoms with Gasteiger partial charge in [-0.15, -0.1) is 0 Å². The number of amides is 2.